The van der Waals surface area contributed by atoms with Gasteiger partial charge in [-0.1, -0.05) is 0 Å². The van der Waals surface area contributed by atoms with E-state index < -0.39 is 0 Å². The van der Waals surface area contributed by atoms with Gasteiger partial charge in [-0.15, -0.1) is 0 Å². The fraction of sp³-hybridized carbons (Fsp3) is 1.00. The Morgan fingerprint density at radius 2 is 1.85 bits per heavy atom. The third-order valence-corrected chi connectivity index (χ3v) is 5.87. The molecule has 1 aliphatic carbocycles. The molecule has 0 amide bonds. The zero-order valence-electron chi connectivity index (χ0n) is 12.5. The van der Waals surface area contributed by atoms with Crippen LogP contribution in [0.25, 0.3) is 0 Å². The molecule has 4 fully saturated rings. The van der Waals surface area contributed by atoms with Crippen molar-refractivity contribution in [1.29, 1.82) is 0 Å². The molecule has 4 nitrogen and oxygen atoms in total. The molecule has 1 N–H and O–H groups in total. The smallest absolute Gasteiger partial charge is 0.0887 e. The van der Waals surface area contributed by atoms with Gasteiger partial charge in [0.25, 0.3) is 0 Å². The second kappa shape index (κ2) is 5.56. The van der Waals surface area contributed by atoms with Crippen molar-refractivity contribution >= 4 is 0 Å². The second-order valence-electron chi connectivity index (χ2n) is 7.11. The van der Waals surface area contributed by atoms with Crippen LogP contribution in [0.5, 0.6) is 0 Å². The van der Waals surface area contributed by atoms with Crippen molar-refractivity contribution in [1.82, 2.24) is 10.2 Å². The first-order valence-corrected chi connectivity index (χ1v) is 8.55. The minimum absolute atomic E-state index is 0.315. The van der Waals surface area contributed by atoms with E-state index in [1.54, 1.807) is 0 Å². The minimum atomic E-state index is 0.315. The van der Waals surface area contributed by atoms with E-state index in [0.717, 1.165) is 38.3 Å². The molecule has 0 unspecified atom stereocenters. The van der Waals surface area contributed by atoms with Crippen LogP contribution in [-0.4, -0.2) is 62.0 Å². The molecule has 4 aliphatic rings. The van der Waals surface area contributed by atoms with Crippen LogP contribution in [0, 0.1) is 5.92 Å². The van der Waals surface area contributed by atoms with Crippen molar-refractivity contribution in [2.75, 3.05) is 39.5 Å². The molecule has 0 aromatic carbocycles. The summed E-state index contributed by atoms with van der Waals surface area (Å²) in [6.45, 7) is 6.38. The highest BCUT2D eigenvalue weighted by Gasteiger charge is 2.56. The predicted octanol–water partition coefficient (Wildman–Crippen LogP) is 1.40. The van der Waals surface area contributed by atoms with Gasteiger partial charge in [-0.05, 0) is 57.5 Å². The number of ether oxygens (including phenoxy) is 2. The van der Waals surface area contributed by atoms with E-state index >= 15 is 0 Å². The zero-order valence-corrected chi connectivity index (χ0v) is 12.5. The topological polar surface area (TPSA) is 33.7 Å². The third kappa shape index (κ3) is 2.41. The molecule has 114 valence electrons. The highest BCUT2D eigenvalue weighted by Crippen LogP contribution is 2.45. The summed E-state index contributed by atoms with van der Waals surface area (Å²) < 4.78 is 11.9. The third-order valence-electron chi connectivity index (χ3n) is 5.87. The van der Waals surface area contributed by atoms with Crippen LogP contribution in [-0.2, 0) is 9.47 Å². The van der Waals surface area contributed by atoms with Crippen LogP contribution in [0.2, 0.25) is 0 Å². The number of nitrogens with zero attached hydrogens (tertiary/aromatic N) is 1. The van der Waals surface area contributed by atoms with E-state index in [9.17, 15) is 0 Å². The Kier molecular flexibility index (Phi) is 3.75. The van der Waals surface area contributed by atoms with E-state index in [1.807, 2.05) is 0 Å². The van der Waals surface area contributed by atoms with Crippen molar-refractivity contribution < 1.29 is 9.47 Å². The monoisotopic (exact) mass is 280 g/mol. The maximum atomic E-state index is 6.30. The lowest BCUT2D eigenvalue weighted by Gasteiger charge is -2.63. The quantitative estimate of drug-likeness (QED) is 0.844. The van der Waals surface area contributed by atoms with Gasteiger partial charge in [-0.2, -0.15) is 0 Å². The molecule has 0 bridgehead atoms. The van der Waals surface area contributed by atoms with Crippen molar-refractivity contribution in [2.45, 2.75) is 56.2 Å². The summed E-state index contributed by atoms with van der Waals surface area (Å²) in [7, 11) is 0. The average molecular weight is 280 g/mol. The lowest BCUT2D eigenvalue weighted by molar-refractivity contribution is -0.216. The summed E-state index contributed by atoms with van der Waals surface area (Å²) in [5.74, 6) is 0.875. The number of rotatable bonds is 4. The summed E-state index contributed by atoms with van der Waals surface area (Å²) in [4.78, 5) is 2.79. The molecule has 4 rings (SSSR count). The number of nitrogens with one attached hydrogen (secondary N) is 1. The number of hydrogen-bond donors (Lipinski definition) is 1. The molecule has 20 heavy (non-hydrogen) atoms. The average Bonchev–Trinajstić information content (AvgIpc) is 3.32. The summed E-state index contributed by atoms with van der Waals surface area (Å²) in [6, 6.07) is 0.773. The highest BCUT2D eigenvalue weighted by atomic mass is 16.5. The van der Waals surface area contributed by atoms with E-state index in [4.69, 9.17) is 9.47 Å². The molecule has 3 aliphatic heterocycles. The Hall–Kier alpha value is -0.160. The van der Waals surface area contributed by atoms with Crippen LogP contribution in [0.4, 0.5) is 0 Å². The van der Waals surface area contributed by atoms with Crippen molar-refractivity contribution in [3.63, 3.8) is 0 Å². The standard InChI is InChI=1S/C16H28N2O2/c1-2-13(1)12-20-15-11-18(14-3-7-17-8-4-14)16(15)5-9-19-10-6-16/h13-15,17H,1-12H2/t15-/m1/s1. The normalized spacial score (nSPS) is 35.1. The van der Waals surface area contributed by atoms with E-state index in [1.165, 1.54) is 51.6 Å². The molecule has 1 spiro atoms. The van der Waals surface area contributed by atoms with Gasteiger partial charge in [0, 0.05) is 32.4 Å². The van der Waals surface area contributed by atoms with Gasteiger partial charge in [0.1, 0.15) is 0 Å². The molecular formula is C16H28N2O2. The first-order chi connectivity index (χ1) is 9.88. The molecule has 1 saturated carbocycles. The fourth-order valence-corrected chi connectivity index (χ4v) is 4.31. The molecule has 0 aromatic heterocycles. The molecule has 0 radical (unpaired) electrons. The maximum absolute atomic E-state index is 6.30. The van der Waals surface area contributed by atoms with Crippen molar-refractivity contribution in [2.24, 2.45) is 5.92 Å². The van der Waals surface area contributed by atoms with Gasteiger partial charge in [-0.25, -0.2) is 0 Å². The number of hydrogen-bond acceptors (Lipinski definition) is 4. The van der Waals surface area contributed by atoms with Crippen molar-refractivity contribution in [3.8, 4) is 0 Å². The molecule has 1 atom stereocenters. The lowest BCUT2D eigenvalue weighted by Crippen LogP contribution is -2.75. The maximum Gasteiger partial charge on any atom is 0.0887 e. The molecule has 4 heteroatoms. The first kappa shape index (κ1) is 13.5. The lowest BCUT2D eigenvalue weighted by atomic mass is 9.73. The summed E-state index contributed by atoms with van der Waals surface area (Å²) >= 11 is 0. The Morgan fingerprint density at radius 1 is 1.10 bits per heavy atom. The number of piperidine rings is 1. The Bertz CT molecular complexity index is 333. The van der Waals surface area contributed by atoms with Gasteiger partial charge in [0.05, 0.1) is 11.6 Å². The summed E-state index contributed by atoms with van der Waals surface area (Å²) in [5.41, 5.74) is 0.315. The first-order valence-electron chi connectivity index (χ1n) is 8.55. The van der Waals surface area contributed by atoms with E-state index in [2.05, 4.69) is 10.2 Å². The molecule has 3 heterocycles. The van der Waals surface area contributed by atoms with Crippen LogP contribution in [0.15, 0.2) is 0 Å². The van der Waals surface area contributed by atoms with Crippen molar-refractivity contribution in [3.05, 3.63) is 0 Å². The van der Waals surface area contributed by atoms with Gasteiger partial charge in [-0.3, -0.25) is 4.90 Å². The van der Waals surface area contributed by atoms with Gasteiger partial charge in [0.15, 0.2) is 0 Å². The Labute approximate surface area is 122 Å². The van der Waals surface area contributed by atoms with Gasteiger partial charge in [0.2, 0.25) is 0 Å². The zero-order chi connectivity index (χ0) is 13.4. The predicted molar refractivity (Wildman–Crippen MR) is 77.8 cm³/mol. The summed E-state index contributed by atoms with van der Waals surface area (Å²) in [5, 5.41) is 3.49. The largest absolute Gasteiger partial charge is 0.381 e. The second-order valence-corrected chi connectivity index (χ2v) is 7.11. The number of likely N-dealkylation sites (tertiary alicyclic amines) is 1. The Balaban J connectivity index is 1.42. The van der Waals surface area contributed by atoms with Crippen LogP contribution in [0.1, 0.15) is 38.5 Å². The molecular weight excluding hydrogens is 252 g/mol. The fourth-order valence-electron chi connectivity index (χ4n) is 4.31. The van der Waals surface area contributed by atoms with Gasteiger partial charge < -0.3 is 14.8 Å². The highest BCUT2D eigenvalue weighted by molar-refractivity contribution is 5.11. The van der Waals surface area contributed by atoms with E-state index in [0.29, 0.717) is 11.6 Å². The SMILES string of the molecule is C1CC(N2C[C@@H](OCC3CC3)C23CCOCC3)CCN1. The van der Waals surface area contributed by atoms with E-state index in [-0.39, 0.29) is 0 Å². The summed E-state index contributed by atoms with van der Waals surface area (Å²) in [6.07, 6.45) is 8.21. The Morgan fingerprint density at radius 3 is 2.55 bits per heavy atom. The van der Waals surface area contributed by atoms with Crippen LogP contribution >= 0.6 is 0 Å². The van der Waals surface area contributed by atoms with Gasteiger partial charge >= 0.3 is 0 Å². The van der Waals surface area contributed by atoms with Crippen LogP contribution < -0.4 is 5.32 Å². The molecule has 0 aromatic rings. The van der Waals surface area contributed by atoms with Crippen LogP contribution in [0.3, 0.4) is 0 Å². The molecule has 3 saturated heterocycles. The minimum Gasteiger partial charge on any atom is -0.381 e.